The molecule has 8 heteroatoms. The number of thioether (sulfide) groups is 1. The lowest BCUT2D eigenvalue weighted by molar-refractivity contribution is -0.116. The minimum atomic E-state index is -0.562. The largest absolute Gasteiger partial charge is 0.493 e. The summed E-state index contributed by atoms with van der Waals surface area (Å²) in [4.78, 5) is 41.4. The van der Waals surface area contributed by atoms with E-state index in [0.29, 0.717) is 29.2 Å². The minimum Gasteiger partial charge on any atom is -0.493 e. The van der Waals surface area contributed by atoms with E-state index in [-0.39, 0.29) is 11.6 Å². The Morgan fingerprint density at radius 3 is 2.21 bits per heavy atom. The Balaban J connectivity index is 1.40. The highest BCUT2D eigenvalue weighted by Gasteiger charge is 2.23. The van der Waals surface area contributed by atoms with E-state index in [4.69, 9.17) is 4.74 Å². The monoisotopic (exact) mass is 655 g/mol. The zero-order chi connectivity index (χ0) is 33.9. The van der Waals surface area contributed by atoms with Gasteiger partial charge in [0.1, 0.15) is 16.7 Å². The first-order valence-corrected chi connectivity index (χ1v) is 16.5. The van der Waals surface area contributed by atoms with Crippen LogP contribution in [0.1, 0.15) is 44.8 Å². The van der Waals surface area contributed by atoms with Crippen LogP contribution in [0, 0.1) is 13.8 Å². The lowest BCUT2D eigenvalue weighted by atomic mass is 10.1. The van der Waals surface area contributed by atoms with E-state index in [9.17, 15) is 14.4 Å². The molecule has 7 nitrogen and oxygen atoms in total. The molecule has 48 heavy (non-hydrogen) atoms. The molecular formula is C40H37N3O4S. The summed E-state index contributed by atoms with van der Waals surface area (Å²) in [5.74, 6) is -0.504. The Morgan fingerprint density at radius 1 is 0.771 bits per heavy atom. The van der Waals surface area contributed by atoms with Crippen LogP contribution >= 0.6 is 11.8 Å². The molecular weight excluding hydrogens is 619 g/mol. The van der Waals surface area contributed by atoms with Crippen LogP contribution in [-0.4, -0.2) is 24.3 Å². The molecule has 0 aromatic heterocycles. The van der Waals surface area contributed by atoms with Crippen LogP contribution in [0.4, 0.5) is 11.4 Å². The molecule has 3 amide bonds. The van der Waals surface area contributed by atoms with Gasteiger partial charge in [-0.2, -0.15) is 0 Å². The van der Waals surface area contributed by atoms with Gasteiger partial charge < -0.3 is 20.7 Å². The van der Waals surface area contributed by atoms with E-state index in [0.717, 1.165) is 27.3 Å². The van der Waals surface area contributed by atoms with Crippen LogP contribution in [-0.2, 0) is 9.59 Å². The maximum absolute atomic E-state index is 13.8. The van der Waals surface area contributed by atoms with Crippen LogP contribution in [0.2, 0.25) is 0 Å². The number of benzene rings is 5. The first kappa shape index (κ1) is 33.8. The van der Waals surface area contributed by atoms with E-state index < -0.39 is 17.1 Å². The van der Waals surface area contributed by atoms with Crippen molar-refractivity contribution in [3.8, 4) is 5.75 Å². The van der Waals surface area contributed by atoms with Crippen molar-refractivity contribution in [2.45, 2.75) is 30.9 Å². The van der Waals surface area contributed by atoms with E-state index in [1.807, 2.05) is 118 Å². The molecule has 242 valence electrons. The minimum absolute atomic E-state index is 0.0455. The van der Waals surface area contributed by atoms with Gasteiger partial charge in [0.2, 0.25) is 5.91 Å². The zero-order valence-electron chi connectivity index (χ0n) is 27.0. The number of nitrogens with one attached hydrogen (secondary N) is 3. The lowest BCUT2D eigenvalue weighted by Crippen LogP contribution is -2.30. The van der Waals surface area contributed by atoms with Gasteiger partial charge >= 0.3 is 0 Å². The number of para-hydroxylation sites is 1. The first-order chi connectivity index (χ1) is 23.3. The van der Waals surface area contributed by atoms with Gasteiger partial charge in [-0.1, -0.05) is 84.9 Å². The van der Waals surface area contributed by atoms with Crippen LogP contribution in [0.3, 0.4) is 0 Å². The molecule has 0 aliphatic rings. The quantitative estimate of drug-likeness (QED) is 0.0924. The van der Waals surface area contributed by atoms with E-state index in [1.165, 1.54) is 11.8 Å². The van der Waals surface area contributed by atoms with Gasteiger partial charge in [-0.3, -0.25) is 14.4 Å². The molecule has 0 bridgehead atoms. The normalized spacial score (nSPS) is 11.7. The first-order valence-electron chi connectivity index (χ1n) is 15.6. The van der Waals surface area contributed by atoms with Crippen molar-refractivity contribution >= 4 is 46.9 Å². The summed E-state index contributed by atoms with van der Waals surface area (Å²) < 4.78 is 5.76. The Kier molecular flexibility index (Phi) is 11.5. The second kappa shape index (κ2) is 16.3. The molecule has 3 N–H and O–H groups in total. The third-order valence-electron chi connectivity index (χ3n) is 7.60. The Bertz CT molecular complexity index is 1930. The van der Waals surface area contributed by atoms with Gasteiger partial charge in [-0.25, -0.2) is 0 Å². The fourth-order valence-electron chi connectivity index (χ4n) is 4.95. The third-order valence-corrected chi connectivity index (χ3v) is 8.84. The number of carbonyl (C=O) groups excluding carboxylic acids is 3. The molecule has 0 fully saturated rings. The van der Waals surface area contributed by atoms with Gasteiger partial charge in [0.15, 0.2) is 0 Å². The molecule has 0 heterocycles. The van der Waals surface area contributed by atoms with Crippen molar-refractivity contribution in [1.29, 1.82) is 0 Å². The fraction of sp³-hybridized carbons (Fsp3) is 0.125. The Hall–Kier alpha value is -5.60. The van der Waals surface area contributed by atoms with Crippen molar-refractivity contribution in [2.75, 3.05) is 17.2 Å². The number of amides is 3. The molecule has 0 saturated heterocycles. The van der Waals surface area contributed by atoms with Crippen molar-refractivity contribution in [3.63, 3.8) is 0 Å². The van der Waals surface area contributed by atoms with E-state index in [2.05, 4.69) is 16.0 Å². The zero-order valence-corrected chi connectivity index (χ0v) is 27.8. The van der Waals surface area contributed by atoms with Gasteiger partial charge in [-0.15, -0.1) is 11.8 Å². The maximum atomic E-state index is 13.8. The number of rotatable bonds is 12. The molecule has 0 saturated carbocycles. The smallest absolute Gasteiger partial charge is 0.272 e. The molecule has 0 aliphatic carbocycles. The second-order valence-corrected chi connectivity index (χ2v) is 12.2. The molecule has 1 unspecified atom stereocenters. The molecule has 5 rings (SSSR count). The van der Waals surface area contributed by atoms with Crippen LogP contribution in [0.15, 0.2) is 138 Å². The van der Waals surface area contributed by atoms with Gasteiger partial charge in [0.05, 0.1) is 6.61 Å². The summed E-state index contributed by atoms with van der Waals surface area (Å²) in [7, 11) is 0. The summed E-state index contributed by atoms with van der Waals surface area (Å²) in [6.45, 7) is 6.33. The summed E-state index contributed by atoms with van der Waals surface area (Å²) in [6.07, 6.45) is 1.60. The number of anilines is 2. The van der Waals surface area contributed by atoms with E-state index in [1.54, 1.807) is 36.4 Å². The Labute approximate surface area is 285 Å². The highest BCUT2D eigenvalue weighted by atomic mass is 32.2. The average molecular weight is 656 g/mol. The number of hydrogen-bond acceptors (Lipinski definition) is 5. The molecule has 5 aromatic carbocycles. The summed E-state index contributed by atoms with van der Waals surface area (Å²) >= 11 is 1.38. The molecule has 0 aliphatic heterocycles. The number of ether oxygens (including phenoxy) is 1. The highest BCUT2D eigenvalue weighted by molar-refractivity contribution is 8.00. The third kappa shape index (κ3) is 8.80. The standard InChI is InChI=1S/C40H37N3O4S/c1-4-47-36-24-12-11-20-31(36)25-35(43-38(44)30-18-9-6-10-19-30)39(45)41-32-21-14-22-33(26-32)48-37(29-16-7-5-8-17-29)40(46)42-34-23-13-15-27(2)28(34)3/h5-26,37H,4H2,1-3H3,(H,41,45)(H,42,46)(H,43,44)/b35-25+. The van der Waals surface area contributed by atoms with Crippen molar-refractivity contribution in [2.24, 2.45) is 0 Å². The van der Waals surface area contributed by atoms with Crippen molar-refractivity contribution in [3.05, 3.63) is 161 Å². The van der Waals surface area contributed by atoms with E-state index >= 15 is 0 Å². The predicted molar refractivity (Wildman–Crippen MR) is 194 cm³/mol. The van der Waals surface area contributed by atoms with Gasteiger partial charge in [-0.05, 0) is 86.0 Å². The molecule has 5 aromatic rings. The number of hydrogen-bond donors (Lipinski definition) is 3. The summed E-state index contributed by atoms with van der Waals surface area (Å²) in [5, 5.41) is 8.26. The number of aryl methyl sites for hydroxylation is 1. The van der Waals surface area contributed by atoms with Gasteiger partial charge in [0.25, 0.3) is 11.8 Å². The average Bonchev–Trinajstić information content (AvgIpc) is 3.10. The second-order valence-electron chi connectivity index (χ2n) is 11.0. The van der Waals surface area contributed by atoms with Crippen molar-refractivity contribution < 1.29 is 19.1 Å². The fourth-order valence-corrected chi connectivity index (χ4v) is 6.04. The summed E-state index contributed by atoms with van der Waals surface area (Å²) in [5.41, 5.74) is 5.33. The SMILES string of the molecule is CCOc1ccccc1/C=C(/NC(=O)c1ccccc1)C(=O)Nc1cccc(SC(C(=O)Nc2cccc(C)c2C)c2ccccc2)c1. The maximum Gasteiger partial charge on any atom is 0.272 e. The number of carbonyl (C=O) groups is 3. The van der Waals surface area contributed by atoms with Crippen LogP contribution < -0.4 is 20.7 Å². The van der Waals surface area contributed by atoms with Crippen LogP contribution in [0.5, 0.6) is 5.75 Å². The molecule has 0 spiro atoms. The van der Waals surface area contributed by atoms with Gasteiger partial charge in [0, 0.05) is 27.4 Å². The molecule has 0 radical (unpaired) electrons. The predicted octanol–water partition coefficient (Wildman–Crippen LogP) is 8.58. The van der Waals surface area contributed by atoms with Crippen molar-refractivity contribution in [1.82, 2.24) is 5.32 Å². The topological polar surface area (TPSA) is 96.5 Å². The summed E-state index contributed by atoms with van der Waals surface area (Å²) in [6, 6.07) is 38.7. The highest BCUT2D eigenvalue weighted by Crippen LogP contribution is 2.37. The Morgan fingerprint density at radius 2 is 1.46 bits per heavy atom. The lowest BCUT2D eigenvalue weighted by Gasteiger charge is -2.19. The van der Waals surface area contributed by atoms with Crippen LogP contribution in [0.25, 0.3) is 6.08 Å². The molecule has 1 atom stereocenters.